The highest BCUT2D eigenvalue weighted by molar-refractivity contribution is 8.01. The largest absolute Gasteiger partial charge is 0.362 e. The number of nitrogens with zero attached hydrogens (tertiary/aromatic N) is 1. The van der Waals surface area contributed by atoms with Crippen LogP contribution >= 0.6 is 23.1 Å². The van der Waals surface area contributed by atoms with Gasteiger partial charge in [0.05, 0.1) is 4.21 Å². The van der Waals surface area contributed by atoms with Crippen LogP contribution < -0.4 is 10.6 Å². The van der Waals surface area contributed by atoms with E-state index >= 15 is 0 Å². The second-order valence-electron chi connectivity index (χ2n) is 9.34. The molecule has 0 saturated carbocycles. The fourth-order valence-corrected chi connectivity index (χ4v) is 7.67. The number of ketones is 1. The van der Waals surface area contributed by atoms with E-state index in [1.165, 1.54) is 14.6 Å². The van der Waals surface area contributed by atoms with E-state index in [0.29, 0.717) is 17.8 Å². The number of aromatic nitrogens is 1. The van der Waals surface area contributed by atoms with Crippen molar-refractivity contribution >= 4 is 40.6 Å². The van der Waals surface area contributed by atoms with Crippen LogP contribution in [-0.4, -0.2) is 22.4 Å². The van der Waals surface area contributed by atoms with Gasteiger partial charge in [-0.3, -0.25) is 9.59 Å². The number of carbonyl (C=O) groups is 2. The molecule has 0 fully saturated rings. The Balaban J connectivity index is 1.61. The van der Waals surface area contributed by atoms with Crippen LogP contribution in [0.5, 0.6) is 0 Å². The second kappa shape index (κ2) is 11.1. The van der Waals surface area contributed by atoms with E-state index in [1.807, 2.05) is 37.3 Å². The molecule has 5 nitrogen and oxygen atoms in total. The monoisotopic (exact) mass is 529 g/mol. The van der Waals surface area contributed by atoms with Crippen LogP contribution in [0.4, 0.5) is 5.82 Å². The molecule has 5 rings (SSSR count). The predicted octanol–water partition coefficient (Wildman–Crippen LogP) is 6.82. The number of rotatable bonds is 7. The van der Waals surface area contributed by atoms with Gasteiger partial charge in [-0.25, -0.2) is 4.98 Å². The molecule has 2 atom stereocenters. The Morgan fingerprint density at radius 2 is 1.92 bits per heavy atom. The van der Waals surface area contributed by atoms with Crippen LogP contribution in [0.1, 0.15) is 61.5 Å². The van der Waals surface area contributed by atoms with Crippen LogP contribution in [0.3, 0.4) is 0 Å². The molecule has 2 unspecified atom stereocenters. The van der Waals surface area contributed by atoms with Crippen LogP contribution in [0, 0.1) is 0 Å². The minimum atomic E-state index is -0.408. The number of hydrogen-bond donors (Lipinski definition) is 2. The van der Waals surface area contributed by atoms with Gasteiger partial charge in [-0.2, -0.15) is 0 Å². The molecule has 0 radical (unpaired) electrons. The van der Waals surface area contributed by atoms with E-state index in [9.17, 15) is 9.59 Å². The third-order valence-electron chi connectivity index (χ3n) is 6.96. The fourth-order valence-electron chi connectivity index (χ4n) is 5.29. The summed E-state index contributed by atoms with van der Waals surface area (Å²) in [5.41, 5.74) is 5.30. The summed E-state index contributed by atoms with van der Waals surface area (Å²) in [6.45, 7) is 6.23. The van der Waals surface area contributed by atoms with Gasteiger partial charge in [0.15, 0.2) is 5.78 Å². The summed E-state index contributed by atoms with van der Waals surface area (Å²) < 4.78 is 1.19. The van der Waals surface area contributed by atoms with Gasteiger partial charge in [-0.1, -0.05) is 50.2 Å². The number of benzene rings is 1. The number of anilines is 1. The van der Waals surface area contributed by atoms with Crippen molar-refractivity contribution in [2.75, 3.05) is 11.1 Å². The molecule has 1 aromatic carbocycles. The lowest BCUT2D eigenvalue weighted by atomic mass is 9.72. The highest BCUT2D eigenvalue weighted by Gasteiger charge is 2.42. The van der Waals surface area contributed by atoms with Crippen molar-refractivity contribution in [3.8, 4) is 0 Å². The molecule has 2 aliphatic rings. The molecule has 1 amide bonds. The van der Waals surface area contributed by atoms with Crippen molar-refractivity contribution < 1.29 is 9.59 Å². The number of aryl methyl sites for hydroxylation is 1. The number of dihydropyridines is 1. The van der Waals surface area contributed by atoms with Crippen molar-refractivity contribution in [1.82, 2.24) is 10.3 Å². The molecule has 0 bridgehead atoms. The number of thiophene rings is 1. The van der Waals surface area contributed by atoms with E-state index in [1.54, 1.807) is 35.4 Å². The number of hydrogen-bond acceptors (Lipinski definition) is 6. The molecule has 37 heavy (non-hydrogen) atoms. The number of allylic oxidation sites excluding steroid dienone is 3. The number of amides is 1. The third-order valence-corrected chi connectivity index (χ3v) is 9.44. The number of nitrogens with one attached hydrogen (secondary N) is 2. The Hall–Kier alpha value is -3.16. The zero-order chi connectivity index (χ0) is 25.9. The fraction of sp³-hybridized carbons (Fsp3) is 0.300. The van der Waals surface area contributed by atoms with E-state index in [0.717, 1.165) is 41.1 Å². The molecular formula is C30H31N3O2S2. The smallest absolute Gasteiger partial charge is 0.255 e. The maximum absolute atomic E-state index is 13.9. The van der Waals surface area contributed by atoms with E-state index in [2.05, 4.69) is 47.7 Å². The lowest BCUT2D eigenvalue weighted by Crippen LogP contribution is -2.37. The Morgan fingerprint density at radius 3 is 2.62 bits per heavy atom. The van der Waals surface area contributed by atoms with Gasteiger partial charge >= 0.3 is 0 Å². The van der Waals surface area contributed by atoms with Crippen LogP contribution in [-0.2, 0) is 16.0 Å². The first-order chi connectivity index (χ1) is 18.0. The summed E-state index contributed by atoms with van der Waals surface area (Å²) >= 11 is 3.56. The predicted molar refractivity (Wildman–Crippen MR) is 152 cm³/mol. The lowest BCUT2D eigenvalue weighted by molar-refractivity contribution is -0.116. The SMILES string of the molecule is CCSc1sc(CC)cc1C1C(C(=O)Nc2ccccn2)=C(C)NC2=C1C(=O)CC(c1ccccc1)C2. The van der Waals surface area contributed by atoms with Gasteiger partial charge in [-0.05, 0) is 60.8 Å². The average molecular weight is 530 g/mol. The Morgan fingerprint density at radius 1 is 1.14 bits per heavy atom. The highest BCUT2D eigenvalue weighted by atomic mass is 32.2. The summed E-state index contributed by atoms with van der Waals surface area (Å²) in [6, 6.07) is 17.9. The zero-order valence-corrected chi connectivity index (χ0v) is 23.0. The van der Waals surface area contributed by atoms with Crippen molar-refractivity contribution in [2.45, 2.75) is 56.1 Å². The van der Waals surface area contributed by atoms with E-state index in [-0.39, 0.29) is 17.6 Å². The maximum atomic E-state index is 13.9. The summed E-state index contributed by atoms with van der Waals surface area (Å²) in [4.78, 5) is 33.2. The first-order valence-electron chi connectivity index (χ1n) is 12.8. The Bertz CT molecular complexity index is 1380. The van der Waals surface area contributed by atoms with Crippen molar-refractivity contribution in [3.05, 3.63) is 99.3 Å². The summed E-state index contributed by atoms with van der Waals surface area (Å²) in [5, 5.41) is 6.46. The van der Waals surface area contributed by atoms with Crippen molar-refractivity contribution in [2.24, 2.45) is 0 Å². The van der Waals surface area contributed by atoms with Gasteiger partial charge in [-0.15, -0.1) is 23.1 Å². The summed E-state index contributed by atoms with van der Waals surface area (Å²) in [6.07, 6.45) is 3.76. The van der Waals surface area contributed by atoms with E-state index < -0.39 is 5.92 Å². The second-order valence-corrected chi connectivity index (χ2v) is 12.0. The Kier molecular flexibility index (Phi) is 7.63. The van der Waals surface area contributed by atoms with Crippen molar-refractivity contribution in [3.63, 3.8) is 0 Å². The van der Waals surface area contributed by atoms with Crippen molar-refractivity contribution in [1.29, 1.82) is 0 Å². The molecule has 3 heterocycles. The number of carbonyl (C=O) groups excluding carboxylic acids is 2. The van der Waals surface area contributed by atoms with Gasteiger partial charge in [0, 0.05) is 46.0 Å². The summed E-state index contributed by atoms with van der Waals surface area (Å²) in [7, 11) is 0. The average Bonchev–Trinajstić information content (AvgIpc) is 3.31. The van der Waals surface area contributed by atoms with Crippen LogP contribution in [0.2, 0.25) is 0 Å². The molecule has 7 heteroatoms. The number of pyridine rings is 1. The first kappa shape index (κ1) is 25.5. The van der Waals surface area contributed by atoms with Crippen LogP contribution in [0.25, 0.3) is 0 Å². The number of Topliss-reactive ketones (excluding diaryl/α,β-unsaturated/α-hetero) is 1. The zero-order valence-electron chi connectivity index (χ0n) is 21.3. The normalized spacial score (nSPS) is 19.5. The van der Waals surface area contributed by atoms with E-state index in [4.69, 9.17) is 0 Å². The van der Waals surface area contributed by atoms with Gasteiger partial charge < -0.3 is 10.6 Å². The first-order valence-corrected chi connectivity index (χ1v) is 14.6. The molecule has 1 aliphatic heterocycles. The summed E-state index contributed by atoms with van der Waals surface area (Å²) in [5.74, 6) is 1.02. The molecule has 0 saturated heterocycles. The quantitative estimate of drug-likeness (QED) is 0.329. The lowest BCUT2D eigenvalue weighted by Gasteiger charge is -2.37. The van der Waals surface area contributed by atoms with Crippen LogP contribution in [0.15, 0.2) is 87.5 Å². The third kappa shape index (κ3) is 5.15. The minimum Gasteiger partial charge on any atom is -0.362 e. The van der Waals surface area contributed by atoms with Gasteiger partial charge in [0.25, 0.3) is 5.91 Å². The standard InChI is InChI=1S/C30H31N3O2S2/c1-4-21-17-22(30(37-21)36-5-2)27-26(29(35)33-25-13-9-10-14-31-25)18(3)32-23-15-20(16-24(34)28(23)27)19-11-7-6-8-12-19/h6-14,17,20,27,32H,4-5,15-16H2,1-3H3,(H,31,33,35). The molecular weight excluding hydrogens is 498 g/mol. The Labute approximate surface area is 226 Å². The molecule has 2 N–H and O–H groups in total. The van der Waals surface area contributed by atoms with Gasteiger partial charge in [0.1, 0.15) is 5.82 Å². The molecule has 0 spiro atoms. The molecule has 3 aromatic rings. The number of thioether (sulfide) groups is 1. The molecule has 2 aromatic heterocycles. The molecule has 190 valence electrons. The molecule has 1 aliphatic carbocycles. The van der Waals surface area contributed by atoms with Gasteiger partial charge in [0.2, 0.25) is 0 Å². The minimum absolute atomic E-state index is 0.111. The highest BCUT2D eigenvalue weighted by Crippen LogP contribution is 2.49. The topological polar surface area (TPSA) is 71.1 Å². The maximum Gasteiger partial charge on any atom is 0.255 e.